The molecule has 1 atom stereocenters. The normalized spacial score (nSPS) is 12.6. The van der Waals surface area contributed by atoms with Gasteiger partial charge in [-0.3, -0.25) is 4.79 Å². The molecule has 1 unspecified atom stereocenters. The smallest absolute Gasteiger partial charge is 0.220 e. The van der Waals surface area contributed by atoms with Crippen molar-refractivity contribution in [2.45, 2.75) is 25.9 Å². The van der Waals surface area contributed by atoms with Crippen LogP contribution >= 0.6 is 11.8 Å². The Labute approximate surface area is 77.9 Å². The number of carbonyl (C=O) groups is 1. The molecule has 0 fully saturated rings. The third-order valence-corrected chi connectivity index (χ3v) is 2.03. The Morgan fingerprint density at radius 1 is 1.67 bits per heavy atom. The molecular weight excluding hydrogens is 174 g/mol. The lowest BCUT2D eigenvalue weighted by Gasteiger charge is -2.05. The van der Waals surface area contributed by atoms with Gasteiger partial charge in [0.15, 0.2) is 0 Å². The predicted molar refractivity (Wildman–Crippen MR) is 52.3 cm³/mol. The van der Waals surface area contributed by atoms with Crippen LogP contribution in [0.1, 0.15) is 19.8 Å². The van der Waals surface area contributed by atoms with Crippen molar-refractivity contribution in [3.63, 3.8) is 0 Å². The van der Waals surface area contributed by atoms with Crippen LogP contribution in [0.3, 0.4) is 0 Å². The highest BCUT2D eigenvalue weighted by molar-refractivity contribution is 7.98. The van der Waals surface area contributed by atoms with Gasteiger partial charge < -0.3 is 10.4 Å². The number of hydrogen-bond donors (Lipinski definition) is 2. The van der Waals surface area contributed by atoms with Gasteiger partial charge in [-0.25, -0.2) is 0 Å². The standard InChI is InChI=1S/C8H17NO2S/c1-7(10)3-5-9-8(11)4-6-12-2/h7,10H,3-6H2,1-2H3,(H,9,11). The highest BCUT2D eigenvalue weighted by atomic mass is 32.2. The van der Waals surface area contributed by atoms with Crippen molar-refractivity contribution in [2.24, 2.45) is 0 Å². The predicted octanol–water partition coefficient (Wildman–Crippen LogP) is 0.627. The van der Waals surface area contributed by atoms with Gasteiger partial charge in [0.2, 0.25) is 5.91 Å². The summed E-state index contributed by atoms with van der Waals surface area (Å²) in [4.78, 5) is 11.0. The summed E-state index contributed by atoms with van der Waals surface area (Å²) in [7, 11) is 0. The molecule has 0 aliphatic heterocycles. The fourth-order valence-electron chi connectivity index (χ4n) is 0.704. The van der Waals surface area contributed by atoms with E-state index < -0.39 is 0 Å². The quantitative estimate of drug-likeness (QED) is 0.647. The third-order valence-electron chi connectivity index (χ3n) is 1.42. The number of aliphatic hydroxyl groups is 1. The van der Waals surface area contributed by atoms with Gasteiger partial charge >= 0.3 is 0 Å². The molecule has 0 radical (unpaired) electrons. The van der Waals surface area contributed by atoms with Crippen molar-refractivity contribution >= 4 is 17.7 Å². The van der Waals surface area contributed by atoms with E-state index in [4.69, 9.17) is 5.11 Å². The number of thioether (sulfide) groups is 1. The topological polar surface area (TPSA) is 49.3 Å². The first kappa shape index (κ1) is 11.8. The molecular formula is C8H17NO2S. The number of carbonyl (C=O) groups excluding carboxylic acids is 1. The van der Waals surface area contributed by atoms with E-state index in [-0.39, 0.29) is 12.0 Å². The van der Waals surface area contributed by atoms with Crippen LogP contribution in [0, 0.1) is 0 Å². The highest BCUT2D eigenvalue weighted by Gasteiger charge is 2.00. The molecule has 0 bridgehead atoms. The van der Waals surface area contributed by atoms with Gasteiger partial charge in [0.1, 0.15) is 0 Å². The van der Waals surface area contributed by atoms with E-state index in [0.717, 1.165) is 5.75 Å². The largest absolute Gasteiger partial charge is 0.393 e. The lowest BCUT2D eigenvalue weighted by Crippen LogP contribution is -2.26. The zero-order valence-electron chi connectivity index (χ0n) is 7.67. The fraction of sp³-hybridized carbons (Fsp3) is 0.875. The Kier molecular flexibility index (Phi) is 7.29. The molecule has 4 heteroatoms. The van der Waals surface area contributed by atoms with Crippen LogP contribution < -0.4 is 5.32 Å². The Morgan fingerprint density at radius 3 is 2.83 bits per heavy atom. The van der Waals surface area contributed by atoms with Crippen LogP contribution in [0.2, 0.25) is 0 Å². The van der Waals surface area contributed by atoms with E-state index in [1.807, 2.05) is 6.26 Å². The SMILES string of the molecule is CSCCC(=O)NCCC(C)O. The Morgan fingerprint density at radius 2 is 2.33 bits per heavy atom. The maximum absolute atomic E-state index is 11.0. The Bertz CT molecular complexity index is 128. The molecule has 0 aliphatic rings. The summed E-state index contributed by atoms with van der Waals surface area (Å²) in [6.07, 6.45) is 2.85. The first-order valence-electron chi connectivity index (χ1n) is 4.10. The van der Waals surface area contributed by atoms with Gasteiger partial charge in [0, 0.05) is 18.7 Å². The number of aliphatic hydroxyl groups excluding tert-OH is 1. The summed E-state index contributed by atoms with van der Waals surface area (Å²) < 4.78 is 0. The molecule has 3 nitrogen and oxygen atoms in total. The van der Waals surface area contributed by atoms with E-state index in [1.54, 1.807) is 18.7 Å². The molecule has 0 aromatic heterocycles. The minimum Gasteiger partial charge on any atom is -0.393 e. The molecule has 1 amide bonds. The molecule has 12 heavy (non-hydrogen) atoms. The second-order valence-electron chi connectivity index (χ2n) is 2.73. The summed E-state index contributed by atoms with van der Waals surface area (Å²) in [5, 5.41) is 11.6. The number of rotatable bonds is 6. The van der Waals surface area contributed by atoms with Crippen molar-refractivity contribution in [2.75, 3.05) is 18.6 Å². The molecule has 2 N–H and O–H groups in total. The molecule has 0 saturated carbocycles. The molecule has 0 heterocycles. The van der Waals surface area contributed by atoms with Gasteiger partial charge in [0.25, 0.3) is 0 Å². The third kappa shape index (κ3) is 7.88. The zero-order chi connectivity index (χ0) is 9.40. The average molecular weight is 191 g/mol. The van der Waals surface area contributed by atoms with Crippen LogP contribution in [0.5, 0.6) is 0 Å². The molecule has 72 valence electrons. The van der Waals surface area contributed by atoms with E-state index in [1.165, 1.54) is 0 Å². The lowest BCUT2D eigenvalue weighted by molar-refractivity contribution is -0.120. The first-order chi connectivity index (χ1) is 5.66. The van der Waals surface area contributed by atoms with Crippen LogP contribution in [0.4, 0.5) is 0 Å². The molecule has 0 saturated heterocycles. The van der Waals surface area contributed by atoms with Crippen molar-refractivity contribution in [1.29, 1.82) is 0 Å². The average Bonchev–Trinajstić information content (AvgIpc) is 2.00. The van der Waals surface area contributed by atoms with Crippen molar-refractivity contribution in [1.82, 2.24) is 5.32 Å². The minimum absolute atomic E-state index is 0.0741. The van der Waals surface area contributed by atoms with E-state index >= 15 is 0 Å². The summed E-state index contributed by atoms with van der Waals surface area (Å²) in [5.74, 6) is 0.936. The van der Waals surface area contributed by atoms with Gasteiger partial charge in [-0.1, -0.05) is 0 Å². The monoisotopic (exact) mass is 191 g/mol. The fourth-order valence-corrected chi connectivity index (χ4v) is 1.09. The second-order valence-corrected chi connectivity index (χ2v) is 3.72. The van der Waals surface area contributed by atoms with Gasteiger partial charge in [-0.15, -0.1) is 0 Å². The van der Waals surface area contributed by atoms with Gasteiger partial charge in [0.05, 0.1) is 6.10 Å². The highest BCUT2D eigenvalue weighted by Crippen LogP contribution is 1.95. The van der Waals surface area contributed by atoms with Gasteiger partial charge in [-0.05, 0) is 19.6 Å². The van der Waals surface area contributed by atoms with Crippen molar-refractivity contribution in [3.05, 3.63) is 0 Å². The Hall–Kier alpha value is -0.220. The molecule has 0 aromatic rings. The number of nitrogens with one attached hydrogen (secondary N) is 1. The first-order valence-corrected chi connectivity index (χ1v) is 5.50. The van der Waals surface area contributed by atoms with Crippen LogP contribution in [-0.4, -0.2) is 35.7 Å². The molecule has 0 aliphatic carbocycles. The van der Waals surface area contributed by atoms with E-state index in [9.17, 15) is 4.79 Å². The lowest BCUT2D eigenvalue weighted by atomic mass is 10.3. The minimum atomic E-state index is -0.328. The summed E-state index contributed by atoms with van der Waals surface area (Å²) >= 11 is 1.66. The maximum atomic E-state index is 11.0. The van der Waals surface area contributed by atoms with E-state index in [0.29, 0.717) is 19.4 Å². The van der Waals surface area contributed by atoms with Crippen LogP contribution in [0.25, 0.3) is 0 Å². The Balaban J connectivity index is 3.20. The maximum Gasteiger partial charge on any atom is 0.220 e. The zero-order valence-corrected chi connectivity index (χ0v) is 8.49. The van der Waals surface area contributed by atoms with E-state index in [2.05, 4.69) is 5.32 Å². The van der Waals surface area contributed by atoms with Gasteiger partial charge in [-0.2, -0.15) is 11.8 Å². The second kappa shape index (κ2) is 7.43. The van der Waals surface area contributed by atoms with Crippen molar-refractivity contribution in [3.8, 4) is 0 Å². The summed E-state index contributed by atoms with van der Waals surface area (Å²) in [6.45, 7) is 2.29. The number of amides is 1. The van der Waals surface area contributed by atoms with Crippen LogP contribution in [-0.2, 0) is 4.79 Å². The summed E-state index contributed by atoms with van der Waals surface area (Å²) in [6, 6.07) is 0. The van der Waals surface area contributed by atoms with Crippen LogP contribution in [0.15, 0.2) is 0 Å². The molecule has 0 aromatic carbocycles. The van der Waals surface area contributed by atoms with Crippen molar-refractivity contribution < 1.29 is 9.90 Å². The molecule has 0 spiro atoms. The number of hydrogen-bond acceptors (Lipinski definition) is 3. The summed E-state index contributed by atoms with van der Waals surface area (Å²) in [5.41, 5.74) is 0. The molecule has 0 rings (SSSR count).